The van der Waals surface area contributed by atoms with E-state index < -0.39 is 5.60 Å². The lowest BCUT2D eigenvalue weighted by atomic mass is 9.97. The van der Waals surface area contributed by atoms with Crippen LogP contribution in [0.15, 0.2) is 24.5 Å². The second kappa shape index (κ2) is 9.36. The first kappa shape index (κ1) is 23.0. The van der Waals surface area contributed by atoms with E-state index in [2.05, 4.69) is 9.97 Å². The van der Waals surface area contributed by atoms with E-state index in [0.29, 0.717) is 51.8 Å². The largest absolute Gasteiger partial charge is 0.493 e. The summed E-state index contributed by atoms with van der Waals surface area (Å²) in [6, 6.07) is 3.58. The molecule has 176 valence electrons. The summed E-state index contributed by atoms with van der Waals surface area (Å²) in [5.74, 6) is 1.29. The molecule has 1 atom stereocenters. The van der Waals surface area contributed by atoms with E-state index in [1.807, 2.05) is 0 Å². The number of carbonyl (C=O) groups excluding carboxylic acids is 1. The topological polar surface area (TPSA) is 105 Å². The van der Waals surface area contributed by atoms with Gasteiger partial charge in [-0.05, 0) is 45.2 Å². The predicted octanol–water partition coefficient (Wildman–Crippen LogP) is 4.16. The number of carbonyl (C=O) groups is 1. The third-order valence-corrected chi connectivity index (χ3v) is 5.70. The van der Waals surface area contributed by atoms with Gasteiger partial charge in [0.1, 0.15) is 11.1 Å². The molecule has 0 bridgehead atoms. The van der Waals surface area contributed by atoms with E-state index >= 15 is 0 Å². The SMILES string of the molecule is COc1cc(-c2cnc3[nH]cc(C(=O)C(C)(C)OC4CCCCO4)c3n2)cc(OC)c1OC. The summed E-state index contributed by atoms with van der Waals surface area (Å²) < 4.78 is 28.0. The van der Waals surface area contributed by atoms with Crippen molar-refractivity contribution in [1.82, 2.24) is 15.0 Å². The van der Waals surface area contributed by atoms with Gasteiger partial charge in [-0.3, -0.25) is 4.79 Å². The Bertz CT molecular complexity index is 1130. The second-order valence-electron chi connectivity index (χ2n) is 8.32. The number of ketones is 1. The van der Waals surface area contributed by atoms with Crippen molar-refractivity contribution >= 4 is 16.9 Å². The Morgan fingerprint density at radius 1 is 1.12 bits per heavy atom. The number of fused-ring (bicyclic) bond motifs is 1. The molecule has 9 heteroatoms. The van der Waals surface area contributed by atoms with Gasteiger partial charge in [0.25, 0.3) is 0 Å². The van der Waals surface area contributed by atoms with Crippen molar-refractivity contribution in [2.75, 3.05) is 27.9 Å². The number of hydrogen-bond donors (Lipinski definition) is 1. The highest BCUT2D eigenvalue weighted by Gasteiger charge is 2.35. The average Bonchev–Trinajstić information content (AvgIpc) is 3.25. The molecule has 9 nitrogen and oxygen atoms in total. The molecule has 0 spiro atoms. The number of H-pyrrole nitrogens is 1. The first-order valence-corrected chi connectivity index (χ1v) is 10.9. The molecule has 2 aromatic heterocycles. The van der Waals surface area contributed by atoms with Gasteiger partial charge >= 0.3 is 0 Å². The van der Waals surface area contributed by atoms with Gasteiger partial charge in [0, 0.05) is 18.4 Å². The lowest BCUT2D eigenvalue weighted by molar-refractivity contribution is -0.200. The zero-order chi connectivity index (χ0) is 23.6. The van der Waals surface area contributed by atoms with Crippen LogP contribution in [-0.4, -0.2) is 60.6 Å². The van der Waals surface area contributed by atoms with Crippen LogP contribution in [-0.2, 0) is 9.47 Å². The zero-order valence-electron chi connectivity index (χ0n) is 19.6. The number of methoxy groups -OCH3 is 3. The van der Waals surface area contributed by atoms with Gasteiger partial charge in [-0.25, -0.2) is 9.97 Å². The van der Waals surface area contributed by atoms with Crippen molar-refractivity contribution in [1.29, 1.82) is 0 Å². The molecule has 1 aromatic carbocycles. The van der Waals surface area contributed by atoms with E-state index in [0.717, 1.165) is 19.3 Å². The van der Waals surface area contributed by atoms with Crippen molar-refractivity contribution in [3.63, 3.8) is 0 Å². The minimum absolute atomic E-state index is 0.195. The molecule has 0 radical (unpaired) electrons. The van der Waals surface area contributed by atoms with Crippen molar-refractivity contribution in [2.24, 2.45) is 0 Å². The third kappa shape index (κ3) is 4.51. The highest BCUT2D eigenvalue weighted by atomic mass is 16.7. The molecule has 0 aliphatic carbocycles. The van der Waals surface area contributed by atoms with Gasteiger partial charge in [0.2, 0.25) is 5.75 Å². The Labute approximate surface area is 192 Å². The van der Waals surface area contributed by atoms with Gasteiger partial charge in [0.05, 0.1) is 38.8 Å². The summed E-state index contributed by atoms with van der Waals surface area (Å²) in [4.78, 5) is 25.7. The molecule has 3 aromatic rings. The monoisotopic (exact) mass is 455 g/mol. The van der Waals surface area contributed by atoms with E-state index in [-0.39, 0.29) is 12.1 Å². The van der Waals surface area contributed by atoms with Crippen LogP contribution < -0.4 is 14.2 Å². The van der Waals surface area contributed by atoms with Crippen LogP contribution in [0, 0.1) is 0 Å². The molecular formula is C24H29N3O6. The van der Waals surface area contributed by atoms with Crippen LogP contribution in [0.4, 0.5) is 0 Å². The Hall–Kier alpha value is -3.17. The van der Waals surface area contributed by atoms with Crippen LogP contribution in [0.2, 0.25) is 0 Å². The summed E-state index contributed by atoms with van der Waals surface area (Å²) in [6.07, 6.45) is 5.67. The molecule has 1 aliphatic heterocycles. The number of hydrogen-bond acceptors (Lipinski definition) is 8. The minimum atomic E-state index is -1.08. The smallest absolute Gasteiger partial charge is 0.203 e. The number of nitrogens with one attached hydrogen (secondary N) is 1. The lowest BCUT2D eigenvalue weighted by Gasteiger charge is -2.31. The number of aromatic amines is 1. The second-order valence-corrected chi connectivity index (χ2v) is 8.32. The maximum atomic E-state index is 13.4. The quantitative estimate of drug-likeness (QED) is 0.505. The summed E-state index contributed by atoms with van der Waals surface area (Å²) in [7, 11) is 4.65. The summed E-state index contributed by atoms with van der Waals surface area (Å²) in [6.45, 7) is 4.15. The highest BCUT2D eigenvalue weighted by molar-refractivity contribution is 6.10. The van der Waals surface area contributed by atoms with Crippen LogP contribution >= 0.6 is 0 Å². The van der Waals surface area contributed by atoms with Crippen molar-refractivity contribution in [3.05, 3.63) is 30.1 Å². The molecule has 1 aliphatic rings. The molecule has 1 saturated heterocycles. The van der Waals surface area contributed by atoms with Gasteiger partial charge in [-0.15, -0.1) is 0 Å². The fourth-order valence-electron chi connectivity index (χ4n) is 3.94. The van der Waals surface area contributed by atoms with E-state index in [9.17, 15) is 4.79 Å². The number of ether oxygens (including phenoxy) is 5. The Morgan fingerprint density at radius 3 is 2.45 bits per heavy atom. The third-order valence-electron chi connectivity index (χ3n) is 5.70. The van der Waals surface area contributed by atoms with Crippen LogP contribution in [0.1, 0.15) is 43.5 Å². The Morgan fingerprint density at radius 2 is 1.85 bits per heavy atom. The van der Waals surface area contributed by atoms with Crippen LogP contribution in [0.3, 0.4) is 0 Å². The van der Waals surface area contributed by atoms with Crippen LogP contribution in [0.25, 0.3) is 22.4 Å². The Balaban J connectivity index is 1.70. The molecule has 3 heterocycles. The van der Waals surface area contributed by atoms with Gasteiger partial charge in [-0.1, -0.05) is 0 Å². The minimum Gasteiger partial charge on any atom is -0.493 e. The molecule has 1 N–H and O–H groups in total. The van der Waals surface area contributed by atoms with Crippen molar-refractivity contribution < 1.29 is 28.5 Å². The van der Waals surface area contributed by atoms with Crippen LogP contribution in [0.5, 0.6) is 17.2 Å². The maximum Gasteiger partial charge on any atom is 0.203 e. The zero-order valence-corrected chi connectivity index (χ0v) is 19.6. The van der Waals surface area contributed by atoms with Gasteiger partial charge < -0.3 is 28.7 Å². The van der Waals surface area contributed by atoms with Crippen molar-refractivity contribution in [3.8, 4) is 28.5 Å². The number of Topliss-reactive ketones (excluding diaryl/α,β-unsaturated/α-hetero) is 1. The molecular weight excluding hydrogens is 426 g/mol. The predicted molar refractivity (Wildman–Crippen MR) is 122 cm³/mol. The number of benzene rings is 1. The van der Waals surface area contributed by atoms with Crippen molar-refractivity contribution in [2.45, 2.75) is 45.0 Å². The normalized spacial score (nSPS) is 16.6. The maximum absolute atomic E-state index is 13.4. The highest BCUT2D eigenvalue weighted by Crippen LogP contribution is 2.41. The van der Waals surface area contributed by atoms with E-state index in [1.165, 1.54) is 0 Å². The standard InChI is InChI=1S/C24H29N3O6/c1-24(2,33-19-8-6-7-9-32-19)22(28)15-12-25-23-20(15)27-16(13-26-23)14-10-17(29-3)21(31-5)18(11-14)30-4/h10-13,19H,6-9H2,1-5H3,(H,25,26). The Kier molecular flexibility index (Phi) is 6.53. The summed E-state index contributed by atoms with van der Waals surface area (Å²) >= 11 is 0. The average molecular weight is 456 g/mol. The lowest BCUT2D eigenvalue weighted by Crippen LogP contribution is -2.40. The summed E-state index contributed by atoms with van der Waals surface area (Å²) in [5, 5.41) is 0. The van der Waals surface area contributed by atoms with E-state index in [4.69, 9.17) is 28.7 Å². The number of rotatable bonds is 8. The van der Waals surface area contributed by atoms with Gasteiger partial charge in [0.15, 0.2) is 29.2 Å². The van der Waals surface area contributed by atoms with Gasteiger partial charge in [-0.2, -0.15) is 0 Å². The fourth-order valence-corrected chi connectivity index (χ4v) is 3.94. The molecule has 0 saturated carbocycles. The fraction of sp³-hybridized carbons (Fsp3) is 0.458. The molecule has 1 fully saturated rings. The molecule has 1 unspecified atom stereocenters. The first-order chi connectivity index (χ1) is 15.9. The van der Waals surface area contributed by atoms with E-state index in [1.54, 1.807) is 59.7 Å². The number of aromatic nitrogens is 3. The molecule has 33 heavy (non-hydrogen) atoms. The first-order valence-electron chi connectivity index (χ1n) is 10.9. The summed E-state index contributed by atoms with van der Waals surface area (Å²) in [5.41, 5.74) is 1.58. The molecule has 0 amide bonds. The molecule has 4 rings (SSSR count). The number of nitrogens with zero attached hydrogens (tertiary/aromatic N) is 2.